The first kappa shape index (κ1) is 13.0. The number of hydrogen-bond donors (Lipinski definition) is 1. The van der Waals surface area contributed by atoms with Gasteiger partial charge in [-0.3, -0.25) is 4.79 Å². The third-order valence-electron chi connectivity index (χ3n) is 2.05. The summed E-state index contributed by atoms with van der Waals surface area (Å²) in [7, 11) is 1.31. The Labute approximate surface area is 102 Å². The fourth-order valence-electron chi connectivity index (χ4n) is 1.19. The van der Waals surface area contributed by atoms with E-state index in [1.54, 1.807) is 12.1 Å². The van der Waals surface area contributed by atoms with E-state index in [2.05, 4.69) is 26.0 Å². The Bertz CT molecular complexity index is 384. The lowest BCUT2D eigenvalue weighted by Gasteiger charge is -2.11. The molecule has 0 aromatic heterocycles. The van der Waals surface area contributed by atoms with E-state index in [1.165, 1.54) is 13.2 Å². The highest BCUT2D eigenvalue weighted by Gasteiger charge is 2.15. The Balaban J connectivity index is 2.60. The number of nitrogens with one attached hydrogen (secondary N) is 1. The fraction of sp³-hybridized carbons (Fsp3) is 0.364. The summed E-state index contributed by atoms with van der Waals surface area (Å²) in [6.45, 7) is 2.14. The highest BCUT2D eigenvalue weighted by atomic mass is 79.9. The van der Waals surface area contributed by atoms with Gasteiger partial charge in [0.25, 0.3) is 0 Å². The SMILES string of the molecule is COC(=O)C(Br)CNc1cc(C)ccc1F. The molecule has 5 heteroatoms. The van der Waals surface area contributed by atoms with E-state index in [0.29, 0.717) is 5.69 Å². The number of ether oxygens (including phenoxy) is 1. The Kier molecular flexibility index (Phi) is 4.73. The number of rotatable bonds is 4. The molecule has 1 rings (SSSR count). The fourth-order valence-corrected chi connectivity index (χ4v) is 1.53. The highest BCUT2D eigenvalue weighted by Crippen LogP contribution is 2.16. The van der Waals surface area contributed by atoms with Crippen LogP contribution in [0.15, 0.2) is 18.2 Å². The number of hydrogen-bond acceptors (Lipinski definition) is 3. The Morgan fingerprint density at radius 1 is 1.62 bits per heavy atom. The van der Waals surface area contributed by atoms with Crippen LogP contribution in [0.2, 0.25) is 0 Å². The van der Waals surface area contributed by atoms with Crippen LogP contribution in [0.1, 0.15) is 5.56 Å². The Morgan fingerprint density at radius 3 is 2.94 bits per heavy atom. The summed E-state index contributed by atoms with van der Waals surface area (Å²) in [5.41, 5.74) is 1.33. The Hall–Kier alpha value is -1.10. The zero-order valence-electron chi connectivity index (χ0n) is 9.09. The normalized spacial score (nSPS) is 12.0. The molecule has 0 spiro atoms. The van der Waals surface area contributed by atoms with Crippen molar-refractivity contribution in [3.05, 3.63) is 29.6 Å². The van der Waals surface area contributed by atoms with E-state index in [1.807, 2.05) is 6.92 Å². The van der Waals surface area contributed by atoms with Crippen LogP contribution in [0.4, 0.5) is 10.1 Å². The molecule has 1 N–H and O–H groups in total. The van der Waals surface area contributed by atoms with Crippen LogP contribution in [-0.2, 0) is 9.53 Å². The average Bonchev–Trinajstić information content (AvgIpc) is 2.28. The number of methoxy groups -OCH3 is 1. The summed E-state index contributed by atoms with van der Waals surface area (Å²) < 4.78 is 17.8. The number of carbonyl (C=O) groups excluding carboxylic acids is 1. The van der Waals surface area contributed by atoms with E-state index < -0.39 is 4.83 Å². The molecule has 0 saturated carbocycles. The molecule has 0 fully saturated rings. The minimum Gasteiger partial charge on any atom is -0.468 e. The molecule has 88 valence electrons. The van der Waals surface area contributed by atoms with E-state index >= 15 is 0 Å². The quantitative estimate of drug-likeness (QED) is 0.684. The van der Waals surface area contributed by atoms with Crippen LogP contribution < -0.4 is 5.32 Å². The van der Waals surface area contributed by atoms with Gasteiger partial charge in [0.15, 0.2) is 0 Å². The van der Waals surface area contributed by atoms with Gasteiger partial charge < -0.3 is 10.1 Å². The molecule has 3 nitrogen and oxygen atoms in total. The van der Waals surface area contributed by atoms with Crippen molar-refractivity contribution < 1.29 is 13.9 Å². The van der Waals surface area contributed by atoms with Crippen molar-refractivity contribution in [1.82, 2.24) is 0 Å². The van der Waals surface area contributed by atoms with Gasteiger partial charge in [-0.25, -0.2) is 4.39 Å². The summed E-state index contributed by atoms with van der Waals surface area (Å²) in [6, 6.07) is 4.76. The zero-order valence-corrected chi connectivity index (χ0v) is 10.7. The molecule has 1 aromatic rings. The topological polar surface area (TPSA) is 38.3 Å². The largest absolute Gasteiger partial charge is 0.468 e. The van der Waals surface area contributed by atoms with Crippen LogP contribution in [0.5, 0.6) is 0 Å². The highest BCUT2D eigenvalue weighted by molar-refractivity contribution is 9.10. The second-order valence-electron chi connectivity index (χ2n) is 3.35. The van der Waals surface area contributed by atoms with Gasteiger partial charge in [-0.1, -0.05) is 22.0 Å². The number of carbonyl (C=O) groups is 1. The predicted octanol–water partition coefficient (Wildman–Crippen LogP) is 2.48. The van der Waals surface area contributed by atoms with Gasteiger partial charge in [0, 0.05) is 6.54 Å². The first-order valence-electron chi connectivity index (χ1n) is 4.76. The summed E-state index contributed by atoms with van der Waals surface area (Å²) >= 11 is 3.14. The van der Waals surface area contributed by atoms with Crippen LogP contribution >= 0.6 is 15.9 Å². The first-order chi connectivity index (χ1) is 7.54. The summed E-state index contributed by atoms with van der Waals surface area (Å²) in [5, 5.41) is 2.85. The predicted molar refractivity (Wildman–Crippen MR) is 64.4 cm³/mol. The zero-order chi connectivity index (χ0) is 12.1. The molecular formula is C11H13BrFNO2. The smallest absolute Gasteiger partial charge is 0.321 e. The lowest BCUT2D eigenvalue weighted by atomic mass is 10.2. The summed E-state index contributed by atoms with van der Waals surface area (Å²) in [5.74, 6) is -0.726. The number of alkyl halides is 1. The van der Waals surface area contributed by atoms with Crippen LogP contribution in [0.25, 0.3) is 0 Å². The van der Waals surface area contributed by atoms with E-state index in [9.17, 15) is 9.18 Å². The van der Waals surface area contributed by atoms with Gasteiger partial charge in [0.05, 0.1) is 12.8 Å². The van der Waals surface area contributed by atoms with Gasteiger partial charge >= 0.3 is 5.97 Å². The molecule has 0 aliphatic rings. The molecule has 1 aromatic carbocycles. The van der Waals surface area contributed by atoms with Gasteiger partial charge in [0.2, 0.25) is 0 Å². The molecule has 0 heterocycles. The minimum absolute atomic E-state index is 0.271. The summed E-state index contributed by atoms with van der Waals surface area (Å²) in [4.78, 5) is 10.6. The van der Waals surface area contributed by atoms with Gasteiger partial charge in [0.1, 0.15) is 10.6 Å². The van der Waals surface area contributed by atoms with Crippen molar-refractivity contribution in [2.45, 2.75) is 11.8 Å². The monoisotopic (exact) mass is 289 g/mol. The maximum atomic E-state index is 13.3. The molecule has 0 saturated heterocycles. The Morgan fingerprint density at radius 2 is 2.31 bits per heavy atom. The number of halogens is 2. The first-order valence-corrected chi connectivity index (χ1v) is 5.68. The van der Waals surface area contributed by atoms with Crippen molar-refractivity contribution in [2.24, 2.45) is 0 Å². The maximum absolute atomic E-state index is 13.3. The summed E-state index contributed by atoms with van der Waals surface area (Å²) in [6.07, 6.45) is 0. The molecule has 16 heavy (non-hydrogen) atoms. The maximum Gasteiger partial charge on any atom is 0.321 e. The van der Waals surface area contributed by atoms with Crippen molar-refractivity contribution >= 4 is 27.6 Å². The second kappa shape index (κ2) is 5.84. The van der Waals surface area contributed by atoms with Crippen molar-refractivity contribution in [2.75, 3.05) is 19.0 Å². The third kappa shape index (κ3) is 3.48. The lowest BCUT2D eigenvalue weighted by Crippen LogP contribution is -2.24. The van der Waals surface area contributed by atoms with Crippen LogP contribution in [0.3, 0.4) is 0 Å². The number of anilines is 1. The second-order valence-corrected chi connectivity index (χ2v) is 4.46. The number of benzene rings is 1. The molecule has 1 unspecified atom stereocenters. The molecular weight excluding hydrogens is 277 g/mol. The lowest BCUT2D eigenvalue weighted by molar-refractivity contribution is -0.139. The molecule has 1 atom stereocenters. The standard InChI is InChI=1S/C11H13BrFNO2/c1-7-3-4-9(13)10(5-7)14-6-8(12)11(15)16-2/h3-5,8,14H,6H2,1-2H3. The van der Waals surface area contributed by atoms with Crippen LogP contribution in [-0.4, -0.2) is 24.5 Å². The van der Waals surface area contributed by atoms with Gasteiger partial charge in [-0.2, -0.15) is 0 Å². The number of aryl methyl sites for hydroxylation is 1. The average molecular weight is 290 g/mol. The molecule has 0 amide bonds. The minimum atomic E-state index is -0.489. The van der Waals surface area contributed by atoms with Crippen molar-refractivity contribution in [3.63, 3.8) is 0 Å². The van der Waals surface area contributed by atoms with Crippen molar-refractivity contribution in [1.29, 1.82) is 0 Å². The molecule has 0 radical (unpaired) electrons. The van der Waals surface area contributed by atoms with E-state index in [0.717, 1.165) is 5.56 Å². The van der Waals surface area contributed by atoms with Crippen LogP contribution in [0, 0.1) is 12.7 Å². The van der Waals surface area contributed by atoms with E-state index in [-0.39, 0.29) is 18.3 Å². The van der Waals surface area contributed by atoms with Gasteiger partial charge in [-0.15, -0.1) is 0 Å². The molecule has 0 bridgehead atoms. The van der Waals surface area contributed by atoms with Crippen molar-refractivity contribution in [3.8, 4) is 0 Å². The third-order valence-corrected chi connectivity index (χ3v) is 2.75. The molecule has 0 aliphatic heterocycles. The number of esters is 1. The van der Waals surface area contributed by atoms with E-state index in [4.69, 9.17) is 0 Å². The molecule has 0 aliphatic carbocycles. The van der Waals surface area contributed by atoms with Gasteiger partial charge in [-0.05, 0) is 24.6 Å².